The number of aromatic nitrogens is 3. The molecule has 1 atom stereocenters. The number of aromatic amines is 1. The van der Waals surface area contributed by atoms with Gasteiger partial charge in [-0.15, -0.1) is 0 Å². The standard InChI is InChI=1S/C19H26N4O4/c1-4-6-19(11-24)7-5-8-23(10-19)17(26)13-9-12(2)20-15-14(13)16(25)21-18(27)22(15)3/h9,24H,4-8,10-11H2,1-3H3,(H,21,25,27)/t19-/m1/s1. The van der Waals surface area contributed by atoms with Crippen molar-refractivity contribution in [2.24, 2.45) is 12.5 Å². The largest absolute Gasteiger partial charge is 0.396 e. The van der Waals surface area contributed by atoms with Gasteiger partial charge in [0.25, 0.3) is 11.5 Å². The molecule has 0 aromatic carbocycles. The van der Waals surface area contributed by atoms with Crippen LogP contribution in [0.4, 0.5) is 0 Å². The molecule has 1 amide bonds. The van der Waals surface area contributed by atoms with Crippen molar-refractivity contribution < 1.29 is 9.90 Å². The van der Waals surface area contributed by atoms with Crippen LogP contribution in [0.15, 0.2) is 15.7 Å². The predicted molar refractivity (Wildman–Crippen MR) is 102 cm³/mol. The Bertz CT molecular complexity index is 990. The molecule has 0 bridgehead atoms. The molecule has 3 heterocycles. The monoisotopic (exact) mass is 374 g/mol. The van der Waals surface area contributed by atoms with Gasteiger partial charge in [0.2, 0.25) is 0 Å². The van der Waals surface area contributed by atoms with Crippen LogP contribution in [0.5, 0.6) is 0 Å². The molecular weight excluding hydrogens is 348 g/mol. The highest BCUT2D eigenvalue weighted by molar-refractivity contribution is 6.05. The molecule has 27 heavy (non-hydrogen) atoms. The minimum atomic E-state index is -0.608. The summed E-state index contributed by atoms with van der Waals surface area (Å²) >= 11 is 0. The van der Waals surface area contributed by atoms with Crippen molar-refractivity contribution in [2.45, 2.75) is 39.5 Å². The summed E-state index contributed by atoms with van der Waals surface area (Å²) in [5.41, 5.74) is -0.455. The molecule has 3 rings (SSSR count). The number of carbonyl (C=O) groups is 1. The number of piperidine rings is 1. The molecule has 0 spiro atoms. The van der Waals surface area contributed by atoms with Crippen molar-refractivity contribution >= 4 is 16.9 Å². The van der Waals surface area contributed by atoms with Crippen molar-refractivity contribution in [1.82, 2.24) is 19.4 Å². The van der Waals surface area contributed by atoms with Crippen LogP contribution in [0.2, 0.25) is 0 Å². The van der Waals surface area contributed by atoms with Gasteiger partial charge in [0.05, 0.1) is 17.6 Å². The zero-order valence-electron chi connectivity index (χ0n) is 16.0. The molecule has 0 saturated carbocycles. The van der Waals surface area contributed by atoms with Crippen molar-refractivity contribution in [3.05, 3.63) is 38.2 Å². The zero-order valence-corrected chi connectivity index (χ0v) is 16.0. The van der Waals surface area contributed by atoms with Gasteiger partial charge in [-0.3, -0.25) is 19.1 Å². The van der Waals surface area contributed by atoms with Gasteiger partial charge in [0, 0.05) is 31.2 Å². The molecule has 2 aromatic heterocycles. The van der Waals surface area contributed by atoms with Crippen LogP contribution in [0, 0.1) is 12.3 Å². The second kappa shape index (κ2) is 7.26. The fraction of sp³-hybridized carbons (Fsp3) is 0.579. The number of aliphatic hydroxyl groups excluding tert-OH is 1. The topological polar surface area (TPSA) is 108 Å². The van der Waals surface area contributed by atoms with Gasteiger partial charge in [-0.1, -0.05) is 13.3 Å². The molecule has 1 fully saturated rings. The first-order valence-corrected chi connectivity index (χ1v) is 9.32. The first kappa shape index (κ1) is 19.3. The molecule has 1 aliphatic rings. The normalized spacial score (nSPS) is 20.2. The van der Waals surface area contributed by atoms with Crippen LogP contribution in [-0.2, 0) is 7.05 Å². The predicted octanol–water partition coefficient (Wildman–Crippen LogP) is 0.945. The molecule has 146 valence electrons. The Balaban J connectivity index is 2.10. The van der Waals surface area contributed by atoms with Crippen molar-refractivity contribution in [3.8, 4) is 0 Å². The average Bonchev–Trinajstić information content (AvgIpc) is 2.65. The number of pyridine rings is 1. The van der Waals surface area contributed by atoms with Gasteiger partial charge >= 0.3 is 5.69 Å². The lowest BCUT2D eigenvalue weighted by Gasteiger charge is -2.42. The van der Waals surface area contributed by atoms with E-state index in [1.165, 1.54) is 11.6 Å². The molecule has 0 aliphatic carbocycles. The van der Waals surface area contributed by atoms with Crippen LogP contribution in [-0.4, -0.2) is 50.1 Å². The highest BCUT2D eigenvalue weighted by atomic mass is 16.3. The summed E-state index contributed by atoms with van der Waals surface area (Å²) in [7, 11) is 1.51. The van der Waals surface area contributed by atoms with Gasteiger partial charge in [-0.05, 0) is 32.3 Å². The number of H-pyrrole nitrogens is 1. The number of aliphatic hydroxyl groups is 1. The van der Waals surface area contributed by atoms with Crippen molar-refractivity contribution in [3.63, 3.8) is 0 Å². The maximum Gasteiger partial charge on any atom is 0.329 e. The lowest BCUT2D eigenvalue weighted by Crippen LogP contribution is -2.48. The molecular formula is C19H26N4O4. The Morgan fingerprint density at radius 2 is 2.15 bits per heavy atom. The van der Waals surface area contributed by atoms with Crippen LogP contribution in [0.1, 0.15) is 48.7 Å². The first-order chi connectivity index (χ1) is 12.8. The van der Waals surface area contributed by atoms with E-state index in [-0.39, 0.29) is 34.5 Å². The highest BCUT2D eigenvalue weighted by Gasteiger charge is 2.36. The summed E-state index contributed by atoms with van der Waals surface area (Å²) < 4.78 is 1.24. The van der Waals surface area contributed by atoms with Gasteiger partial charge < -0.3 is 10.0 Å². The Morgan fingerprint density at radius 3 is 2.81 bits per heavy atom. The third-order valence-electron chi connectivity index (χ3n) is 5.49. The fourth-order valence-electron chi connectivity index (χ4n) is 4.13. The number of amides is 1. The second-order valence-corrected chi connectivity index (χ2v) is 7.57. The number of likely N-dealkylation sites (tertiary alicyclic amines) is 1. The third kappa shape index (κ3) is 3.41. The molecule has 1 saturated heterocycles. The van der Waals surface area contributed by atoms with E-state index in [2.05, 4.69) is 16.9 Å². The molecule has 0 unspecified atom stereocenters. The van der Waals surface area contributed by atoms with Crippen molar-refractivity contribution in [2.75, 3.05) is 19.7 Å². The highest BCUT2D eigenvalue weighted by Crippen LogP contribution is 2.35. The van der Waals surface area contributed by atoms with E-state index >= 15 is 0 Å². The molecule has 1 aliphatic heterocycles. The smallest absolute Gasteiger partial charge is 0.329 e. The number of fused-ring (bicyclic) bond motifs is 1. The zero-order chi connectivity index (χ0) is 19.8. The average molecular weight is 374 g/mol. The first-order valence-electron chi connectivity index (χ1n) is 9.32. The van der Waals surface area contributed by atoms with Crippen LogP contribution in [0.3, 0.4) is 0 Å². The van der Waals surface area contributed by atoms with Crippen LogP contribution in [0.25, 0.3) is 11.0 Å². The molecule has 2 N–H and O–H groups in total. The van der Waals surface area contributed by atoms with Crippen LogP contribution < -0.4 is 11.2 Å². The quantitative estimate of drug-likeness (QED) is 0.828. The summed E-state index contributed by atoms with van der Waals surface area (Å²) in [4.78, 5) is 45.9. The van der Waals surface area contributed by atoms with E-state index in [0.717, 1.165) is 25.7 Å². The Morgan fingerprint density at radius 1 is 1.41 bits per heavy atom. The number of nitrogens with zero attached hydrogens (tertiary/aromatic N) is 3. The van der Waals surface area contributed by atoms with E-state index < -0.39 is 11.2 Å². The van der Waals surface area contributed by atoms with E-state index in [4.69, 9.17) is 0 Å². The van der Waals surface area contributed by atoms with Crippen LogP contribution >= 0.6 is 0 Å². The lowest BCUT2D eigenvalue weighted by atomic mass is 9.77. The minimum absolute atomic E-state index is 0.0375. The second-order valence-electron chi connectivity index (χ2n) is 7.57. The number of nitrogens with one attached hydrogen (secondary N) is 1. The summed E-state index contributed by atoms with van der Waals surface area (Å²) in [6.45, 7) is 4.88. The van der Waals surface area contributed by atoms with Crippen molar-refractivity contribution in [1.29, 1.82) is 0 Å². The van der Waals surface area contributed by atoms with Gasteiger partial charge in [-0.25, -0.2) is 9.78 Å². The van der Waals surface area contributed by atoms with Gasteiger partial charge in [0.15, 0.2) is 0 Å². The molecule has 0 radical (unpaired) electrons. The van der Waals surface area contributed by atoms with Gasteiger partial charge in [0.1, 0.15) is 5.65 Å². The third-order valence-corrected chi connectivity index (χ3v) is 5.49. The number of carbonyl (C=O) groups excluding carboxylic acids is 1. The summed E-state index contributed by atoms with van der Waals surface area (Å²) in [6.07, 6.45) is 3.47. The number of rotatable bonds is 4. The number of hydrogen-bond donors (Lipinski definition) is 2. The summed E-state index contributed by atoms with van der Waals surface area (Å²) in [5.74, 6) is -0.261. The molecule has 2 aromatic rings. The Hall–Kier alpha value is -2.48. The van der Waals surface area contributed by atoms with E-state index in [9.17, 15) is 19.5 Å². The van der Waals surface area contributed by atoms with E-state index in [0.29, 0.717) is 18.8 Å². The molecule has 8 heteroatoms. The maximum atomic E-state index is 13.3. The Kier molecular flexibility index (Phi) is 5.19. The fourth-order valence-corrected chi connectivity index (χ4v) is 4.13. The number of aryl methyl sites for hydroxylation is 2. The van der Waals surface area contributed by atoms with Gasteiger partial charge in [-0.2, -0.15) is 0 Å². The number of hydrogen-bond acceptors (Lipinski definition) is 5. The minimum Gasteiger partial charge on any atom is -0.396 e. The summed E-state index contributed by atoms with van der Waals surface area (Å²) in [6, 6.07) is 1.60. The maximum absolute atomic E-state index is 13.3. The SMILES string of the molecule is CCC[C@@]1(CO)CCCN(C(=O)c2cc(C)nc3c2c(=O)[nH]c(=O)n3C)C1. The lowest BCUT2D eigenvalue weighted by molar-refractivity contribution is 0.0223. The Labute approximate surface area is 156 Å². The van der Waals surface area contributed by atoms with E-state index in [1.54, 1.807) is 17.9 Å². The molecule has 8 nitrogen and oxygen atoms in total. The van der Waals surface area contributed by atoms with E-state index in [1.807, 2.05) is 0 Å². The summed E-state index contributed by atoms with van der Waals surface area (Å²) in [5, 5.41) is 10.1.